The van der Waals surface area contributed by atoms with Gasteiger partial charge in [-0.2, -0.15) is 15.2 Å². The summed E-state index contributed by atoms with van der Waals surface area (Å²) >= 11 is 0. The maximum absolute atomic E-state index is 13.5. The molecular weight excluding hydrogens is 578 g/mol. The van der Waals surface area contributed by atoms with Gasteiger partial charge >= 0.3 is 6.01 Å². The first-order valence-electron chi connectivity index (χ1n) is 17.0. The third-order valence-corrected chi connectivity index (χ3v) is 10.8. The smallest absolute Gasteiger partial charge is 0.318 e. The number of likely N-dealkylation sites (tertiary alicyclic amines) is 1. The molecule has 5 heterocycles. The number of hydrogen-bond donors (Lipinski definition) is 0. The summed E-state index contributed by atoms with van der Waals surface area (Å²) in [5.41, 5.74) is 4.63. The number of carbonyl (C=O) groups excluding carboxylic acids is 1. The Hall–Kier alpha value is -3.94. The molecule has 240 valence electrons. The zero-order chi connectivity index (χ0) is 31.4. The summed E-state index contributed by atoms with van der Waals surface area (Å²) in [7, 11) is 2.15. The van der Waals surface area contributed by atoms with Crippen molar-refractivity contribution in [3.8, 4) is 12.1 Å². The van der Waals surface area contributed by atoms with E-state index >= 15 is 0 Å². The SMILES string of the molecule is Cc1cccc2cccc(N3CCc4c(nc(OC[C@@H]5CCCN5C)nc4N4CCN(C(=O)[C@@H]5O[C@H]5C5CC5)[C@@H](CC#N)C4)C3)c12. The molecule has 3 saturated heterocycles. The number of likely N-dealkylation sites (N-methyl/N-ethyl adjacent to an activating group) is 1. The highest BCUT2D eigenvalue weighted by Gasteiger charge is 2.55. The van der Waals surface area contributed by atoms with E-state index in [2.05, 4.69) is 71.1 Å². The van der Waals surface area contributed by atoms with Crippen molar-refractivity contribution in [3.63, 3.8) is 0 Å². The van der Waals surface area contributed by atoms with E-state index in [4.69, 9.17) is 19.4 Å². The number of nitriles is 1. The van der Waals surface area contributed by atoms with Crippen molar-refractivity contribution in [2.24, 2.45) is 5.92 Å². The number of benzene rings is 2. The third-order valence-electron chi connectivity index (χ3n) is 10.8. The van der Waals surface area contributed by atoms with Gasteiger partial charge in [0.2, 0.25) is 0 Å². The zero-order valence-corrected chi connectivity index (χ0v) is 26.9. The van der Waals surface area contributed by atoms with Gasteiger partial charge in [0.1, 0.15) is 12.4 Å². The number of nitrogens with zero attached hydrogens (tertiary/aromatic N) is 7. The van der Waals surface area contributed by atoms with E-state index in [1.807, 2.05) is 4.90 Å². The van der Waals surface area contributed by atoms with Crippen molar-refractivity contribution >= 4 is 28.2 Å². The van der Waals surface area contributed by atoms with E-state index in [1.54, 1.807) is 0 Å². The van der Waals surface area contributed by atoms with E-state index in [9.17, 15) is 10.1 Å². The molecule has 3 aromatic rings. The van der Waals surface area contributed by atoms with Crippen LogP contribution in [0.15, 0.2) is 36.4 Å². The van der Waals surface area contributed by atoms with Crippen molar-refractivity contribution in [1.29, 1.82) is 5.26 Å². The van der Waals surface area contributed by atoms with Crippen LogP contribution in [0.3, 0.4) is 0 Å². The Morgan fingerprint density at radius 2 is 1.89 bits per heavy atom. The summed E-state index contributed by atoms with van der Waals surface area (Å²) in [5, 5.41) is 12.3. The lowest BCUT2D eigenvalue weighted by molar-refractivity contribution is -0.135. The lowest BCUT2D eigenvalue weighted by Crippen LogP contribution is -2.57. The molecule has 4 fully saturated rings. The number of epoxide rings is 1. The van der Waals surface area contributed by atoms with E-state index in [-0.39, 0.29) is 30.6 Å². The molecule has 0 unspecified atom stereocenters. The van der Waals surface area contributed by atoms with Crippen molar-refractivity contribution < 1.29 is 14.3 Å². The lowest BCUT2D eigenvalue weighted by Gasteiger charge is -2.42. The van der Waals surface area contributed by atoms with Crippen LogP contribution in [0.1, 0.15) is 48.9 Å². The summed E-state index contributed by atoms with van der Waals surface area (Å²) in [6, 6.07) is 15.9. The maximum atomic E-state index is 13.5. The van der Waals surface area contributed by atoms with E-state index < -0.39 is 0 Å². The number of amides is 1. The Morgan fingerprint density at radius 3 is 2.67 bits per heavy atom. The molecule has 5 aliphatic rings. The highest BCUT2D eigenvalue weighted by Crippen LogP contribution is 2.45. The topological polar surface area (TPSA) is 101 Å². The molecule has 0 spiro atoms. The van der Waals surface area contributed by atoms with Gasteiger partial charge in [0.25, 0.3) is 5.91 Å². The van der Waals surface area contributed by atoms with E-state index in [0.29, 0.717) is 50.8 Å². The molecule has 4 atom stereocenters. The van der Waals surface area contributed by atoms with Gasteiger partial charge in [-0.25, -0.2) is 0 Å². The molecular formula is C36H43N7O3. The van der Waals surface area contributed by atoms with E-state index in [0.717, 1.165) is 55.8 Å². The second kappa shape index (κ2) is 12.0. The van der Waals surface area contributed by atoms with Crippen LogP contribution in [0.2, 0.25) is 0 Å². The molecule has 8 rings (SSSR count). The summed E-state index contributed by atoms with van der Waals surface area (Å²) in [6.07, 6.45) is 5.43. The molecule has 1 amide bonds. The molecule has 10 nitrogen and oxygen atoms in total. The summed E-state index contributed by atoms with van der Waals surface area (Å²) in [4.78, 5) is 32.5. The molecule has 0 radical (unpaired) electrons. The number of aromatic nitrogens is 2. The number of ether oxygens (including phenoxy) is 2. The number of aryl methyl sites for hydroxylation is 1. The van der Waals surface area contributed by atoms with Crippen LogP contribution in [0.4, 0.5) is 11.5 Å². The van der Waals surface area contributed by atoms with Gasteiger partial charge in [-0.3, -0.25) is 4.79 Å². The number of anilines is 2. The summed E-state index contributed by atoms with van der Waals surface area (Å²) in [5.74, 6) is 1.48. The zero-order valence-electron chi connectivity index (χ0n) is 26.9. The Balaban J connectivity index is 1.09. The molecule has 4 aliphatic heterocycles. The minimum atomic E-state index is -0.329. The lowest BCUT2D eigenvalue weighted by atomic mass is 9.99. The predicted octanol–water partition coefficient (Wildman–Crippen LogP) is 4.08. The minimum Gasteiger partial charge on any atom is -0.462 e. The summed E-state index contributed by atoms with van der Waals surface area (Å²) < 4.78 is 12.2. The first-order valence-corrected chi connectivity index (χ1v) is 17.0. The number of piperazine rings is 1. The first kappa shape index (κ1) is 29.5. The molecule has 10 heteroatoms. The van der Waals surface area contributed by atoms with Crippen LogP contribution < -0.4 is 14.5 Å². The van der Waals surface area contributed by atoms with Gasteiger partial charge in [0.05, 0.1) is 36.9 Å². The van der Waals surface area contributed by atoms with Crippen LogP contribution in [-0.4, -0.2) is 96.3 Å². The van der Waals surface area contributed by atoms with Crippen molar-refractivity contribution in [2.75, 3.05) is 56.2 Å². The molecule has 2 aromatic carbocycles. The van der Waals surface area contributed by atoms with E-state index in [1.165, 1.54) is 28.4 Å². The van der Waals surface area contributed by atoms with Gasteiger partial charge in [-0.1, -0.05) is 30.3 Å². The van der Waals surface area contributed by atoms with Crippen LogP contribution in [0.25, 0.3) is 10.8 Å². The highest BCUT2D eigenvalue weighted by molar-refractivity contribution is 5.97. The van der Waals surface area contributed by atoms with Crippen molar-refractivity contribution in [2.45, 2.75) is 76.3 Å². The minimum absolute atomic E-state index is 0.0484. The van der Waals surface area contributed by atoms with Gasteiger partial charge < -0.3 is 29.1 Å². The molecule has 1 aromatic heterocycles. The Kier molecular flexibility index (Phi) is 7.69. The monoisotopic (exact) mass is 621 g/mol. The normalized spacial score (nSPS) is 26.2. The van der Waals surface area contributed by atoms with Crippen molar-refractivity contribution in [3.05, 3.63) is 53.2 Å². The average molecular weight is 622 g/mol. The Morgan fingerprint density at radius 1 is 1.04 bits per heavy atom. The number of hydrogen-bond acceptors (Lipinski definition) is 9. The Labute approximate surface area is 270 Å². The average Bonchev–Trinajstić information content (AvgIpc) is 4.00. The predicted molar refractivity (Wildman–Crippen MR) is 176 cm³/mol. The van der Waals surface area contributed by atoms with Crippen LogP contribution in [0, 0.1) is 24.2 Å². The van der Waals surface area contributed by atoms with Crippen LogP contribution >= 0.6 is 0 Å². The maximum Gasteiger partial charge on any atom is 0.318 e. The number of carbonyl (C=O) groups is 1. The second-order valence-corrected chi connectivity index (χ2v) is 13.8. The third kappa shape index (κ3) is 5.54. The fourth-order valence-corrected chi connectivity index (χ4v) is 7.94. The van der Waals surface area contributed by atoms with Gasteiger partial charge in [0, 0.05) is 48.9 Å². The number of fused-ring (bicyclic) bond motifs is 2. The fraction of sp³-hybridized carbons (Fsp3) is 0.556. The number of rotatable bonds is 8. The van der Waals surface area contributed by atoms with Gasteiger partial charge in [-0.05, 0) is 75.6 Å². The second-order valence-electron chi connectivity index (χ2n) is 13.8. The largest absolute Gasteiger partial charge is 0.462 e. The molecule has 46 heavy (non-hydrogen) atoms. The van der Waals surface area contributed by atoms with Gasteiger partial charge in [0.15, 0.2) is 6.10 Å². The van der Waals surface area contributed by atoms with Crippen LogP contribution in [-0.2, 0) is 22.5 Å². The molecule has 1 saturated carbocycles. The highest BCUT2D eigenvalue weighted by atomic mass is 16.6. The Bertz CT molecular complexity index is 1680. The molecule has 1 aliphatic carbocycles. The van der Waals surface area contributed by atoms with Crippen molar-refractivity contribution in [1.82, 2.24) is 19.8 Å². The quantitative estimate of drug-likeness (QED) is 0.345. The fourth-order valence-electron chi connectivity index (χ4n) is 7.94. The first-order chi connectivity index (χ1) is 22.5. The molecule has 0 N–H and O–H groups in total. The standard InChI is InChI=1S/C36H43N7O3/c1-23-6-3-7-24-8-4-10-30(31(23)24)41-17-14-28-29(21-41)38-36(45-22-27-9-5-16-40(27)2)39-34(28)42-18-19-43(26(20-42)13-15-37)35(44)33-32(46-33)25-11-12-25/h3-4,6-8,10,25-27,32-33H,5,9,11-14,16-22H2,1-2H3/t26-,27-,32-,33+/m0/s1. The molecule has 0 bridgehead atoms. The van der Waals surface area contributed by atoms with Gasteiger partial charge in [-0.15, -0.1) is 0 Å². The van der Waals surface area contributed by atoms with Crippen LogP contribution in [0.5, 0.6) is 6.01 Å². The summed E-state index contributed by atoms with van der Waals surface area (Å²) in [6.45, 7) is 7.09.